The molecule has 1 atom stereocenters. The smallest absolute Gasteiger partial charge is 0.308 e. The van der Waals surface area contributed by atoms with Crippen LogP contribution in [0.25, 0.3) is 11.3 Å². The third-order valence-electron chi connectivity index (χ3n) is 4.67. The second-order valence-electron chi connectivity index (χ2n) is 6.98. The van der Waals surface area contributed by atoms with Crippen molar-refractivity contribution in [3.63, 3.8) is 0 Å². The lowest BCUT2D eigenvalue weighted by Crippen LogP contribution is -2.36. The quantitative estimate of drug-likeness (QED) is 0.241. The highest BCUT2D eigenvalue weighted by molar-refractivity contribution is 9.10. The first-order valence-corrected chi connectivity index (χ1v) is 12.1. The maximum Gasteiger partial charge on any atom is 0.308 e. The fourth-order valence-electron chi connectivity index (χ4n) is 3.43. The lowest BCUT2D eigenvalue weighted by molar-refractivity contribution is -0.132. The summed E-state index contributed by atoms with van der Waals surface area (Å²) in [5, 5.41) is 9.39. The van der Waals surface area contributed by atoms with E-state index in [4.69, 9.17) is 21.1 Å². The normalized spacial score (nSPS) is 14.6. The topological polar surface area (TPSA) is 94.5 Å². The van der Waals surface area contributed by atoms with Gasteiger partial charge in [-0.05, 0) is 42.2 Å². The van der Waals surface area contributed by atoms with E-state index in [0.29, 0.717) is 32.7 Å². The largest absolute Gasteiger partial charge is 0.447 e. The van der Waals surface area contributed by atoms with Crippen molar-refractivity contribution in [3.05, 3.63) is 51.5 Å². The summed E-state index contributed by atoms with van der Waals surface area (Å²) >= 11 is 11.2. The Bertz CT molecular complexity index is 1260. The Morgan fingerprint density at radius 1 is 1.21 bits per heavy atom. The minimum Gasteiger partial charge on any atom is -0.447 e. The standard InChI is InChI=1S/C22H18BrClN4O4S/c1-4-33-22-25-20-19(26-27-22)15-9-13(23)5-7-17(15)28(11(2)29)21(32-20)16-10-14(24)6-8-18(16)31-12(3)30/h5-10,21H,4H2,1-3H3/t21-/m0/s1. The molecule has 0 fully saturated rings. The zero-order chi connectivity index (χ0) is 23.7. The molecule has 1 aromatic heterocycles. The number of anilines is 1. The first-order chi connectivity index (χ1) is 15.8. The van der Waals surface area contributed by atoms with Crippen LogP contribution in [0.15, 0.2) is 46.0 Å². The molecule has 0 saturated heterocycles. The van der Waals surface area contributed by atoms with Crippen molar-refractivity contribution in [2.24, 2.45) is 0 Å². The molecule has 0 spiro atoms. The Kier molecular flexibility index (Phi) is 6.87. The molecule has 33 heavy (non-hydrogen) atoms. The van der Waals surface area contributed by atoms with Gasteiger partial charge in [0.25, 0.3) is 0 Å². The van der Waals surface area contributed by atoms with E-state index >= 15 is 0 Å². The second-order valence-corrected chi connectivity index (χ2v) is 9.56. The van der Waals surface area contributed by atoms with Gasteiger partial charge in [0.05, 0.1) is 11.3 Å². The summed E-state index contributed by atoms with van der Waals surface area (Å²) in [5.74, 6) is 0.340. The van der Waals surface area contributed by atoms with Gasteiger partial charge >= 0.3 is 5.97 Å². The summed E-state index contributed by atoms with van der Waals surface area (Å²) in [5.41, 5.74) is 1.92. The molecular formula is C22H18BrClN4O4S. The molecular weight excluding hydrogens is 532 g/mol. The van der Waals surface area contributed by atoms with E-state index in [2.05, 4.69) is 31.1 Å². The van der Waals surface area contributed by atoms with Gasteiger partial charge in [-0.2, -0.15) is 4.98 Å². The van der Waals surface area contributed by atoms with Gasteiger partial charge in [0.1, 0.15) is 5.75 Å². The van der Waals surface area contributed by atoms with Crippen molar-refractivity contribution in [3.8, 4) is 22.9 Å². The number of fused-ring (bicyclic) bond motifs is 3. The average Bonchev–Trinajstić information content (AvgIpc) is 2.89. The number of ether oxygens (including phenoxy) is 2. The molecule has 170 valence electrons. The highest BCUT2D eigenvalue weighted by atomic mass is 79.9. The zero-order valence-corrected chi connectivity index (χ0v) is 21.0. The molecule has 0 radical (unpaired) electrons. The summed E-state index contributed by atoms with van der Waals surface area (Å²) < 4.78 is 12.5. The van der Waals surface area contributed by atoms with Crippen LogP contribution in [0.2, 0.25) is 5.02 Å². The van der Waals surface area contributed by atoms with E-state index in [-0.39, 0.29) is 17.5 Å². The fraction of sp³-hybridized carbons (Fsp3) is 0.227. The van der Waals surface area contributed by atoms with Gasteiger partial charge < -0.3 is 9.47 Å². The molecule has 4 rings (SSSR count). The van der Waals surface area contributed by atoms with Crippen LogP contribution in [0.1, 0.15) is 32.6 Å². The first-order valence-electron chi connectivity index (χ1n) is 9.90. The molecule has 0 aliphatic carbocycles. The molecule has 8 nitrogen and oxygen atoms in total. The monoisotopic (exact) mass is 548 g/mol. The Balaban J connectivity index is 2.00. The minimum atomic E-state index is -1.03. The van der Waals surface area contributed by atoms with Crippen LogP contribution in [0.5, 0.6) is 11.6 Å². The number of amides is 1. The fourth-order valence-corrected chi connectivity index (χ4v) is 4.48. The predicted molar refractivity (Wildman–Crippen MR) is 129 cm³/mol. The lowest BCUT2D eigenvalue weighted by atomic mass is 10.1. The van der Waals surface area contributed by atoms with Crippen molar-refractivity contribution in [2.45, 2.75) is 32.2 Å². The number of aromatic nitrogens is 3. The van der Waals surface area contributed by atoms with Crippen LogP contribution in [0, 0.1) is 0 Å². The second kappa shape index (κ2) is 9.66. The Morgan fingerprint density at radius 2 is 2.00 bits per heavy atom. The molecule has 1 aliphatic rings. The summed E-state index contributed by atoms with van der Waals surface area (Å²) in [6.07, 6.45) is -1.03. The van der Waals surface area contributed by atoms with Gasteiger partial charge in [-0.25, -0.2) is 0 Å². The van der Waals surface area contributed by atoms with Crippen LogP contribution in [0.3, 0.4) is 0 Å². The van der Waals surface area contributed by atoms with Crippen molar-refractivity contribution >= 4 is 56.9 Å². The molecule has 2 heterocycles. The summed E-state index contributed by atoms with van der Waals surface area (Å²) in [6, 6.07) is 10.2. The van der Waals surface area contributed by atoms with Gasteiger partial charge in [-0.1, -0.05) is 46.2 Å². The number of esters is 1. The third kappa shape index (κ3) is 4.83. The summed E-state index contributed by atoms with van der Waals surface area (Å²) in [4.78, 5) is 30.7. The molecule has 2 aromatic carbocycles. The number of halogens is 2. The number of rotatable bonds is 4. The molecule has 3 aromatic rings. The number of hydrogen-bond donors (Lipinski definition) is 0. The number of nitrogens with zero attached hydrogens (tertiary/aromatic N) is 4. The van der Waals surface area contributed by atoms with Gasteiger partial charge in [0.2, 0.25) is 23.2 Å². The minimum absolute atomic E-state index is 0.197. The highest BCUT2D eigenvalue weighted by Gasteiger charge is 2.36. The van der Waals surface area contributed by atoms with Crippen LogP contribution in [-0.2, 0) is 9.59 Å². The van der Waals surface area contributed by atoms with Crippen molar-refractivity contribution in [1.82, 2.24) is 15.2 Å². The Labute approximate surface area is 207 Å². The van der Waals surface area contributed by atoms with Crippen molar-refractivity contribution in [1.29, 1.82) is 0 Å². The molecule has 11 heteroatoms. The van der Waals surface area contributed by atoms with Crippen LogP contribution >= 0.6 is 39.3 Å². The number of thioether (sulfide) groups is 1. The Morgan fingerprint density at radius 3 is 2.70 bits per heavy atom. The Hall–Kier alpha value is -2.69. The molecule has 0 saturated carbocycles. The molecule has 0 N–H and O–H groups in total. The SMILES string of the molecule is CCSc1nnc2c(n1)O[C@@H](c1cc(Cl)ccc1OC(C)=O)N(C(C)=O)c1ccc(Br)cc1-2. The van der Waals surface area contributed by atoms with E-state index in [1.54, 1.807) is 24.3 Å². The molecule has 1 amide bonds. The lowest BCUT2D eigenvalue weighted by Gasteiger charge is -2.30. The summed E-state index contributed by atoms with van der Waals surface area (Å²) in [6.45, 7) is 4.69. The first kappa shape index (κ1) is 23.5. The van der Waals surface area contributed by atoms with E-state index in [1.165, 1.54) is 30.5 Å². The number of hydrogen-bond acceptors (Lipinski definition) is 8. The van der Waals surface area contributed by atoms with E-state index in [9.17, 15) is 9.59 Å². The van der Waals surface area contributed by atoms with E-state index < -0.39 is 12.2 Å². The molecule has 0 unspecified atom stereocenters. The summed E-state index contributed by atoms with van der Waals surface area (Å²) in [7, 11) is 0. The molecule has 0 bridgehead atoms. The van der Waals surface area contributed by atoms with Gasteiger partial charge in [0.15, 0.2) is 5.69 Å². The van der Waals surface area contributed by atoms with Crippen LogP contribution in [-0.4, -0.2) is 32.8 Å². The zero-order valence-electron chi connectivity index (χ0n) is 17.8. The van der Waals surface area contributed by atoms with Crippen LogP contribution in [0.4, 0.5) is 5.69 Å². The highest BCUT2D eigenvalue weighted by Crippen LogP contribution is 2.46. The van der Waals surface area contributed by atoms with E-state index in [0.717, 1.165) is 10.2 Å². The maximum atomic E-state index is 13.0. The van der Waals surface area contributed by atoms with Gasteiger partial charge in [-0.3, -0.25) is 14.5 Å². The van der Waals surface area contributed by atoms with Crippen molar-refractivity contribution in [2.75, 3.05) is 10.7 Å². The van der Waals surface area contributed by atoms with Crippen LogP contribution < -0.4 is 14.4 Å². The maximum absolute atomic E-state index is 13.0. The number of carbonyl (C=O) groups is 2. The van der Waals surface area contributed by atoms with Gasteiger partial charge in [-0.15, -0.1) is 10.2 Å². The number of carbonyl (C=O) groups excluding carboxylic acids is 2. The third-order valence-corrected chi connectivity index (χ3v) is 6.12. The molecule has 1 aliphatic heterocycles. The van der Waals surface area contributed by atoms with E-state index in [1.807, 2.05) is 19.1 Å². The number of benzene rings is 2. The van der Waals surface area contributed by atoms with Gasteiger partial charge in [0, 0.05) is 28.9 Å². The predicted octanol–water partition coefficient (Wildman–Crippen LogP) is 5.44. The average molecular weight is 550 g/mol. The van der Waals surface area contributed by atoms with Crippen molar-refractivity contribution < 1.29 is 19.1 Å².